The lowest BCUT2D eigenvalue weighted by Crippen LogP contribution is -2.51. The molecule has 0 aromatic carbocycles. The maximum atomic E-state index is 13.7. The molecule has 5 atom stereocenters. The third-order valence-electron chi connectivity index (χ3n) is 8.66. The smallest absolute Gasteiger partial charge is 0.244 e. The summed E-state index contributed by atoms with van der Waals surface area (Å²) in [6.07, 6.45) is 6.62. The van der Waals surface area contributed by atoms with Crippen LogP contribution in [0.4, 0.5) is 0 Å². The maximum absolute atomic E-state index is 13.7. The van der Waals surface area contributed by atoms with Crippen molar-refractivity contribution in [3.63, 3.8) is 0 Å². The molecule has 2 aromatic heterocycles. The molecule has 2 aromatic rings. The highest BCUT2D eigenvalue weighted by Gasteiger charge is 2.69. The Bertz CT molecular complexity index is 1340. The van der Waals surface area contributed by atoms with Crippen LogP contribution in [0.2, 0.25) is 0 Å². The van der Waals surface area contributed by atoms with Gasteiger partial charge in [0, 0.05) is 40.8 Å². The third-order valence-corrected chi connectivity index (χ3v) is 9.57. The van der Waals surface area contributed by atoms with E-state index in [1.165, 1.54) is 11.3 Å². The SMILES string of the molecule is CC#Cc1csc2cncc(C(C#N)NC(=O)[C@@H]3[C@@H]4[C@H](CN3C(=O)C[C@@H](C)OC3(C)CCC3)C4(C)C)c12. The molecule has 3 heterocycles. The number of carbonyl (C=O) groups excluding carboxylic acids is 2. The Morgan fingerprint density at radius 3 is 2.73 bits per heavy atom. The predicted octanol–water partition coefficient (Wildman–Crippen LogP) is 4.57. The van der Waals surface area contributed by atoms with Crippen LogP contribution in [0.15, 0.2) is 17.8 Å². The molecule has 5 rings (SSSR count). The number of thiophene rings is 1. The van der Waals surface area contributed by atoms with Gasteiger partial charge in [0.1, 0.15) is 12.1 Å². The molecule has 0 bridgehead atoms. The average Bonchev–Trinajstić information content (AvgIpc) is 3.20. The topological polar surface area (TPSA) is 95.3 Å². The maximum Gasteiger partial charge on any atom is 0.244 e. The Hall–Kier alpha value is -2.94. The predicted molar refractivity (Wildman–Crippen MR) is 142 cm³/mol. The van der Waals surface area contributed by atoms with Gasteiger partial charge in [0.25, 0.3) is 0 Å². The van der Waals surface area contributed by atoms with Gasteiger partial charge < -0.3 is 15.0 Å². The number of fused-ring (bicyclic) bond motifs is 2. The summed E-state index contributed by atoms with van der Waals surface area (Å²) in [5, 5.41) is 15.8. The second-order valence-electron chi connectivity index (χ2n) is 11.6. The van der Waals surface area contributed by atoms with Crippen LogP contribution < -0.4 is 5.32 Å². The van der Waals surface area contributed by atoms with Gasteiger partial charge in [-0.3, -0.25) is 14.6 Å². The molecule has 2 amide bonds. The van der Waals surface area contributed by atoms with Gasteiger partial charge in [-0.05, 0) is 57.3 Å². The number of ether oxygens (including phenoxy) is 1. The lowest BCUT2D eigenvalue weighted by Gasteiger charge is -2.40. The first kappa shape index (κ1) is 25.7. The van der Waals surface area contributed by atoms with E-state index in [-0.39, 0.29) is 47.2 Å². The highest BCUT2D eigenvalue weighted by Crippen LogP contribution is 2.65. The minimum absolute atomic E-state index is 0.0126. The van der Waals surface area contributed by atoms with Crippen molar-refractivity contribution in [2.75, 3.05) is 6.54 Å². The number of hydrogen-bond acceptors (Lipinski definition) is 6. The minimum Gasteiger partial charge on any atom is -0.372 e. The first-order valence-corrected chi connectivity index (χ1v) is 13.9. The van der Waals surface area contributed by atoms with E-state index in [1.54, 1.807) is 24.2 Å². The number of carbonyl (C=O) groups is 2. The van der Waals surface area contributed by atoms with Gasteiger partial charge in [0.15, 0.2) is 0 Å². The van der Waals surface area contributed by atoms with E-state index in [4.69, 9.17) is 4.74 Å². The van der Waals surface area contributed by atoms with Crippen molar-refractivity contribution in [1.82, 2.24) is 15.2 Å². The number of nitrogens with one attached hydrogen (secondary N) is 1. The van der Waals surface area contributed by atoms with Crippen LogP contribution in [0.25, 0.3) is 10.1 Å². The Labute approximate surface area is 222 Å². The normalized spacial score (nSPS) is 26.2. The summed E-state index contributed by atoms with van der Waals surface area (Å²) in [6.45, 7) is 10.7. The van der Waals surface area contributed by atoms with Crippen LogP contribution in [0.5, 0.6) is 0 Å². The van der Waals surface area contributed by atoms with Crippen LogP contribution in [-0.2, 0) is 14.3 Å². The van der Waals surface area contributed by atoms with E-state index in [0.29, 0.717) is 12.1 Å². The summed E-state index contributed by atoms with van der Waals surface area (Å²) in [6, 6.07) is 0.757. The van der Waals surface area contributed by atoms with Crippen molar-refractivity contribution < 1.29 is 14.3 Å². The molecule has 8 heteroatoms. The van der Waals surface area contributed by atoms with Gasteiger partial charge in [0.2, 0.25) is 11.8 Å². The number of piperidine rings is 1. The fraction of sp³-hybridized carbons (Fsp3) is 0.586. The molecule has 37 heavy (non-hydrogen) atoms. The molecule has 1 saturated heterocycles. The van der Waals surface area contributed by atoms with Crippen LogP contribution >= 0.6 is 11.3 Å². The molecule has 3 aliphatic rings. The number of hydrogen-bond donors (Lipinski definition) is 1. The molecule has 2 aliphatic carbocycles. The molecule has 194 valence electrons. The lowest BCUT2D eigenvalue weighted by atomic mass is 9.81. The number of likely N-dealkylation sites (tertiary alicyclic amines) is 1. The standard InChI is InChI=1S/C29H34N4O3S/c1-6-8-18-16-37-22-14-31-13-19(24(18)22)21(12-30)32-27(35)26-25-20(28(25,3)4)15-33(26)23(34)11-17(2)36-29(5)9-7-10-29/h13-14,16-17,20-21,25-26H,7,9-11,15H2,1-5H3,(H,32,35)/t17-,20+,21?,25+,26+/m1/s1. The van der Waals surface area contributed by atoms with Crippen LogP contribution in [0.1, 0.15) is 77.5 Å². The Balaban J connectivity index is 1.36. The highest BCUT2D eigenvalue weighted by molar-refractivity contribution is 7.17. The highest BCUT2D eigenvalue weighted by atomic mass is 32.1. The summed E-state index contributed by atoms with van der Waals surface area (Å²) < 4.78 is 7.09. The average molecular weight is 519 g/mol. The summed E-state index contributed by atoms with van der Waals surface area (Å²) in [4.78, 5) is 33.2. The second-order valence-corrected chi connectivity index (χ2v) is 12.5. The van der Waals surface area contributed by atoms with Crippen molar-refractivity contribution in [2.45, 2.75) is 84.1 Å². The molecule has 1 aliphatic heterocycles. The fourth-order valence-electron chi connectivity index (χ4n) is 6.39. The molecule has 1 N–H and O–H groups in total. The zero-order valence-corrected chi connectivity index (χ0v) is 22.9. The van der Waals surface area contributed by atoms with E-state index in [0.717, 1.165) is 34.9 Å². The largest absolute Gasteiger partial charge is 0.372 e. The van der Waals surface area contributed by atoms with Crippen molar-refractivity contribution in [2.24, 2.45) is 17.3 Å². The molecular formula is C29H34N4O3S. The van der Waals surface area contributed by atoms with Crippen LogP contribution in [0, 0.1) is 40.4 Å². The number of aromatic nitrogens is 1. The molecular weight excluding hydrogens is 484 g/mol. The van der Waals surface area contributed by atoms with Crippen LogP contribution in [-0.4, -0.2) is 46.0 Å². The molecule has 2 saturated carbocycles. The molecule has 0 radical (unpaired) electrons. The Morgan fingerprint density at radius 1 is 1.32 bits per heavy atom. The monoisotopic (exact) mass is 518 g/mol. The van der Waals surface area contributed by atoms with E-state index in [1.807, 2.05) is 12.3 Å². The summed E-state index contributed by atoms with van der Waals surface area (Å²) in [7, 11) is 0. The van der Waals surface area contributed by atoms with E-state index in [2.05, 4.69) is 49.0 Å². The van der Waals surface area contributed by atoms with Gasteiger partial charge in [-0.15, -0.1) is 17.3 Å². The Kier molecular flexibility index (Phi) is 6.54. The van der Waals surface area contributed by atoms with E-state index < -0.39 is 12.1 Å². The molecule has 0 spiro atoms. The zero-order valence-electron chi connectivity index (χ0n) is 22.1. The first-order chi connectivity index (χ1) is 17.6. The quantitative estimate of drug-likeness (QED) is 0.542. The zero-order chi connectivity index (χ0) is 26.5. The first-order valence-electron chi connectivity index (χ1n) is 13.0. The van der Waals surface area contributed by atoms with Gasteiger partial charge in [-0.2, -0.15) is 5.26 Å². The van der Waals surface area contributed by atoms with Gasteiger partial charge in [-0.1, -0.05) is 19.8 Å². The number of nitrogens with zero attached hydrogens (tertiary/aromatic N) is 3. The number of rotatable bonds is 7. The van der Waals surface area contributed by atoms with Gasteiger partial charge in [-0.25, -0.2) is 0 Å². The molecule has 1 unspecified atom stereocenters. The van der Waals surface area contributed by atoms with Gasteiger partial charge in [0.05, 0.1) is 28.9 Å². The van der Waals surface area contributed by atoms with Crippen molar-refractivity contribution >= 4 is 33.2 Å². The molecule has 3 fully saturated rings. The van der Waals surface area contributed by atoms with Crippen molar-refractivity contribution in [1.29, 1.82) is 5.26 Å². The van der Waals surface area contributed by atoms with Crippen molar-refractivity contribution in [3.05, 3.63) is 28.9 Å². The lowest BCUT2D eigenvalue weighted by molar-refractivity contribution is -0.150. The number of nitriles is 1. The van der Waals surface area contributed by atoms with E-state index in [9.17, 15) is 14.9 Å². The number of amides is 2. The van der Waals surface area contributed by atoms with Gasteiger partial charge >= 0.3 is 0 Å². The van der Waals surface area contributed by atoms with Crippen LogP contribution in [0.3, 0.4) is 0 Å². The van der Waals surface area contributed by atoms with Crippen molar-refractivity contribution in [3.8, 4) is 17.9 Å². The molecule has 7 nitrogen and oxygen atoms in total. The van der Waals surface area contributed by atoms with E-state index >= 15 is 0 Å². The second kappa shape index (κ2) is 9.42. The Morgan fingerprint density at radius 2 is 2.08 bits per heavy atom. The summed E-state index contributed by atoms with van der Waals surface area (Å²) in [5.41, 5.74) is 1.31. The summed E-state index contributed by atoms with van der Waals surface area (Å²) in [5.74, 6) is 6.02. The third kappa shape index (κ3) is 4.51. The minimum atomic E-state index is -0.894. The summed E-state index contributed by atoms with van der Waals surface area (Å²) >= 11 is 1.51. The fourth-order valence-corrected chi connectivity index (χ4v) is 7.28. The number of pyridine rings is 1.